The molecule has 3 rings (SSSR count). The summed E-state index contributed by atoms with van der Waals surface area (Å²) < 4.78 is 5.55. The van der Waals surface area contributed by atoms with Crippen LogP contribution in [0.1, 0.15) is 38.4 Å². The van der Waals surface area contributed by atoms with E-state index < -0.39 is 17.7 Å². The molecular formula is C25H33BrCl2N4O4. The zero-order valence-electron chi connectivity index (χ0n) is 20.3. The highest BCUT2D eigenvalue weighted by atomic mass is 79.9. The topological polar surface area (TPSA) is 117 Å². The minimum Gasteiger partial charge on any atom is -0.484 e. The maximum Gasteiger partial charge on any atom is 0.261 e. The number of para-hydroxylation sites is 1. The highest BCUT2D eigenvalue weighted by Gasteiger charge is 2.34. The van der Waals surface area contributed by atoms with Crippen LogP contribution in [0.25, 0.3) is 0 Å². The van der Waals surface area contributed by atoms with Crippen LogP contribution in [0.2, 0.25) is 10.0 Å². The Bertz CT molecular complexity index is 1020. The Labute approximate surface area is 232 Å². The molecule has 2 atom stereocenters. The molecule has 1 aliphatic rings. The van der Waals surface area contributed by atoms with E-state index in [0.717, 1.165) is 6.42 Å². The van der Waals surface area contributed by atoms with Crippen LogP contribution in [0, 0.1) is 0 Å². The molecule has 0 bridgehead atoms. The second-order valence-corrected chi connectivity index (χ2v) is 10.1. The molecule has 0 saturated carbocycles. The van der Waals surface area contributed by atoms with Crippen molar-refractivity contribution in [2.45, 2.75) is 44.4 Å². The standard InChI is InChI=1S/C25H32Cl2N4O4.BrH/c1-25(2,30-13-21(32)16-11-18(26)23(28)19(27)12-16)15-29-24(34)20-9-6-10-31(20)22(33)14-35-17-7-4-3-5-8-17;/h3-5,7-8,11-12,20-21,30,32H,6,9-10,13-15,28H2,1-2H3,(H,29,34);1H/t20-,21?;/m1./s1. The molecule has 1 fully saturated rings. The van der Waals surface area contributed by atoms with E-state index in [1.54, 1.807) is 29.2 Å². The molecule has 11 heteroatoms. The molecule has 5 N–H and O–H groups in total. The predicted octanol–water partition coefficient (Wildman–Crippen LogP) is 3.74. The van der Waals surface area contributed by atoms with Crippen LogP contribution in [0.5, 0.6) is 5.75 Å². The Hall–Kier alpha value is -2.04. The SMILES string of the molecule is Br.CC(C)(CNC(=O)[C@H]1CCCN1C(=O)COc1ccccc1)NCC(O)c1cc(Cl)c(N)c(Cl)c1. The zero-order chi connectivity index (χ0) is 25.6. The van der Waals surface area contributed by atoms with E-state index in [2.05, 4.69) is 10.6 Å². The number of hydrogen-bond donors (Lipinski definition) is 4. The van der Waals surface area contributed by atoms with Crippen LogP contribution in [-0.2, 0) is 9.59 Å². The maximum absolute atomic E-state index is 12.9. The summed E-state index contributed by atoms with van der Waals surface area (Å²) in [6, 6.07) is 11.7. The van der Waals surface area contributed by atoms with Crippen LogP contribution in [0.4, 0.5) is 5.69 Å². The van der Waals surface area contributed by atoms with Gasteiger partial charge in [0.1, 0.15) is 11.8 Å². The van der Waals surface area contributed by atoms with Crippen molar-refractivity contribution in [1.82, 2.24) is 15.5 Å². The summed E-state index contributed by atoms with van der Waals surface area (Å²) in [6.45, 7) is 4.75. The summed E-state index contributed by atoms with van der Waals surface area (Å²) in [4.78, 5) is 27.1. The molecule has 36 heavy (non-hydrogen) atoms. The first-order valence-electron chi connectivity index (χ1n) is 11.5. The molecule has 8 nitrogen and oxygen atoms in total. The number of ether oxygens (including phenoxy) is 1. The zero-order valence-corrected chi connectivity index (χ0v) is 23.5. The number of nitrogens with two attached hydrogens (primary N) is 1. The highest BCUT2D eigenvalue weighted by molar-refractivity contribution is 8.93. The van der Waals surface area contributed by atoms with Crippen molar-refractivity contribution in [2.24, 2.45) is 0 Å². The molecule has 0 radical (unpaired) electrons. The number of nitrogens with one attached hydrogen (secondary N) is 2. The predicted molar refractivity (Wildman–Crippen MR) is 148 cm³/mol. The van der Waals surface area contributed by atoms with Gasteiger partial charge >= 0.3 is 0 Å². The van der Waals surface area contributed by atoms with Crippen molar-refractivity contribution < 1.29 is 19.4 Å². The first kappa shape index (κ1) is 30.2. The summed E-state index contributed by atoms with van der Waals surface area (Å²) in [5.74, 6) is 0.190. The molecule has 0 aromatic heterocycles. The van der Waals surface area contributed by atoms with E-state index in [-0.39, 0.29) is 57.7 Å². The van der Waals surface area contributed by atoms with Crippen molar-refractivity contribution in [3.8, 4) is 5.75 Å². The monoisotopic (exact) mass is 602 g/mol. The van der Waals surface area contributed by atoms with E-state index in [9.17, 15) is 14.7 Å². The lowest BCUT2D eigenvalue weighted by Crippen LogP contribution is -2.54. The van der Waals surface area contributed by atoms with Crippen LogP contribution in [-0.4, -0.2) is 59.6 Å². The Morgan fingerprint density at radius 3 is 2.50 bits per heavy atom. The number of rotatable bonds is 10. The van der Waals surface area contributed by atoms with Crippen molar-refractivity contribution in [3.63, 3.8) is 0 Å². The average molecular weight is 604 g/mol. The van der Waals surface area contributed by atoms with Gasteiger partial charge < -0.3 is 31.1 Å². The molecule has 0 aliphatic carbocycles. The van der Waals surface area contributed by atoms with Crippen molar-refractivity contribution in [3.05, 3.63) is 58.1 Å². The molecule has 2 amide bonds. The number of nitrogens with zero attached hydrogens (tertiary/aromatic N) is 1. The van der Waals surface area contributed by atoms with E-state index in [1.165, 1.54) is 0 Å². The smallest absolute Gasteiger partial charge is 0.261 e. The van der Waals surface area contributed by atoms with E-state index in [4.69, 9.17) is 33.7 Å². The lowest BCUT2D eigenvalue weighted by Gasteiger charge is -2.30. The van der Waals surface area contributed by atoms with Crippen LogP contribution < -0.4 is 21.1 Å². The Kier molecular flexibility index (Phi) is 11.3. The lowest BCUT2D eigenvalue weighted by molar-refractivity contribution is -0.140. The number of aliphatic hydroxyl groups is 1. The van der Waals surface area contributed by atoms with Gasteiger partial charge in [-0.15, -0.1) is 17.0 Å². The van der Waals surface area contributed by atoms with Gasteiger partial charge in [0.15, 0.2) is 6.61 Å². The summed E-state index contributed by atoms with van der Waals surface area (Å²) in [5, 5.41) is 17.3. The Morgan fingerprint density at radius 1 is 1.22 bits per heavy atom. The fourth-order valence-corrected chi connectivity index (χ4v) is 4.36. The van der Waals surface area contributed by atoms with Gasteiger partial charge in [-0.1, -0.05) is 41.4 Å². The van der Waals surface area contributed by atoms with Crippen molar-refractivity contribution in [1.29, 1.82) is 0 Å². The number of halogens is 3. The lowest BCUT2D eigenvalue weighted by atomic mass is 10.0. The van der Waals surface area contributed by atoms with Crippen LogP contribution >= 0.6 is 40.2 Å². The Morgan fingerprint density at radius 2 is 1.86 bits per heavy atom. The van der Waals surface area contributed by atoms with Gasteiger partial charge in [0.2, 0.25) is 5.91 Å². The summed E-state index contributed by atoms with van der Waals surface area (Å²) in [6.07, 6.45) is 0.497. The number of anilines is 1. The molecule has 198 valence electrons. The number of β-amino-alcohol motifs (C(OH)–C–C–N with tert-alkyl or cyclic N) is 1. The molecule has 2 aromatic rings. The van der Waals surface area contributed by atoms with Crippen molar-refractivity contribution in [2.75, 3.05) is 32.0 Å². The van der Waals surface area contributed by atoms with Gasteiger partial charge in [-0.25, -0.2) is 0 Å². The normalized spacial score (nSPS) is 16.2. The molecule has 1 saturated heterocycles. The Balaban J connectivity index is 0.00000456. The molecular weight excluding hydrogens is 571 g/mol. The van der Waals surface area contributed by atoms with E-state index >= 15 is 0 Å². The molecule has 1 unspecified atom stereocenters. The summed E-state index contributed by atoms with van der Waals surface area (Å²) >= 11 is 12.1. The fraction of sp³-hybridized carbons (Fsp3) is 0.440. The number of hydrogen-bond acceptors (Lipinski definition) is 6. The third-order valence-corrected chi connectivity index (χ3v) is 6.57. The van der Waals surface area contributed by atoms with Gasteiger partial charge in [0.05, 0.1) is 21.8 Å². The summed E-state index contributed by atoms with van der Waals surface area (Å²) in [5.41, 5.74) is 6.04. The first-order valence-corrected chi connectivity index (χ1v) is 12.3. The van der Waals surface area contributed by atoms with Gasteiger partial charge in [0.25, 0.3) is 5.91 Å². The number of carbonyl (C=O) groups is 2. The number of amides is 2. The van der Waals surface area contributed by atoms with Gasteiger partial charge in [-0.3, -0.25) is 9.59 Å². The van der Waals surface area contributed by atoms with E-state index in [1.807, 2.05) is 32.0 Å². The third kappa shape index (κ3) is 8.24. The summed E-state index contributed by atoms with van der Waals surface area (Å²) in [7, 11) is 0. The van der Waals surface area contributed by atoms with E-state index in [0.29, 0.717) is 30.8 Å². The number of benzene rings is 2. The largest absolute Gasteiger partial charge is 0.484 e. The number of nitrogen functional groups attached to an aromatic ring is 1. The van der Waals surface area contributed by atoms with Crippen LogP contribution in [0.3, 0.4) is 0 Å². The minimum absolute atomic E-state index is 0. The quantitative estimate of drug-likeness (QED) is 0.307. The second-order valence-electron chi connectivity index (χ2n) is 9.24. The molecule has 1 aliphatic heterocycles. The van der Waals surface area contributed by atoms with Gasteiger partial charge in [-0.2, -0.15) is 0 Å². The maximum atomic E-state index is 12.9. The van der Waals surface area contributed by atoms with Crippen LogP contribution in [0.15, 0.2) is 42.5 Å². The molecule has 1 heterocycles. The minimum atomic E-state index is -0.867. The second kappa shape index (κ2) is 13.5. The molecule has 2 aromatic carbocycles. The third-order valence-electron chi connectivity index (χ3n) is 5.95. The number of likely N-dealkylation sites (tertiary alicyclic amines) is 1. The fourth-order valence-electron chi connectivity index (χ4n) is 3.86. The molecule has 0 spiro atoms. The average Bonchev–Trinajstić information content (AvgIpc) is 3.33. The first-order chi connectivity index (χ1) is 16.6. The van der Waals surface area contributed by atoms with Crippen molar-refractivity contribution >= 4 is 57.7 Å². The highest BCUT2D eigenvalue weighted by Crippen LogP contribution is 2.31. The van der Waals surface area contributed by atoms with Gasteiger partial charge in [-0.05, 0) is 56.5 Å². The van der Waals surface area contributed by atoms with Gasteiger partial charge in [0, 0.05) is 25.2 Å². The number of carbonyl (C=O) groups excluding carboxylic acids is 2. The number of aliphatic hydroxyl groups excluding tert-OH is 1.